The Morgan fingerprint density at radius 2 is 1.46 bits per heavy atom. The molecule has 0 aliphatic rings. The number of nitrogens with one attached hydrogen (secondary N) is 2. The van der Waals surface area contributed by atoms with Gasteiger partial charge in [-0.15, -0.1) is 0 Å². The van der Waals surface area contributed by atoms with Gasteiger partial charge in [0, 0.05) is 11.3 Å². The highest BCUT2D eigenvalue weighted by atomic mass is 35.5. The van der Waals surface area contributed by atoms with Crippen LogP contribution in [0.25, 0.3) is 6.08 Å². The molecule has 0 spiro atoms. The first-order chi connectivity index (χ1) is 19.5. The zero-order valence-corrected chi connectivity index (χ0v) is 23.6. The number of hydrogen-bond donors (Lipinski definition) is 2. The SMILES string of the molecule is CC(=O)c1ccc(NC(=O)/C(=C/c2ccc(OS(=O)(=O)c3ccc(C)cc3)cc2)NC(=O)c2ccccc2Cl)cc1. The van der Waals surface area contributed by atoms with Crippen LogP contribution in [0.4, 0.5) is 5.69 Å². The van der Waals surface area contributed by atoms with E-state index in [-0.39, 0.29) is 32.7 Å². The average molecular weight is 589 g/mol. The van der Waals surface area contributed by atoms with Gasteiger partial charge >= 0.3 is 10.1 Å². The van der Waals surface area contributed by atoms with Crippen LogP contribution in [0, 0.1) is 6.92 Å². The molecule has 4 aromatic carbocycles. The number of aryl methyl sites for hydroxylation is 1. The van der Waals surface area contributed by atoms with Crippen molar-refractivity contribution < 1.29 is 27.0 Å². The van der Waals surface area contributed by atoms with Gasteiger partial charge in [-0.25, -0.2) is 0 Å². The maximum Gasteiger partial charge on any atom is 0.339 e. The molecule has 2 amide bonds. The zero-order valence-electron chi connectivity index (χ0n) is 22.1. The van der Waals surface area contributed by atoms with Crippen molar-refractivity contribution in [3.63, 3.8) is 0 Å². The quantitative estimate of drug-likeness (QED) is 0.140. The summed E-state index contributed by atoms with van der Waals surface area (Å²) < 4.78 is 30.5. The molecule has 0 aliphatic carbocycles. The fraction of sp³-hybridized carbons (Fsp3) is 0.0645. The zero-order chi connectivity index (χ0) is 29.6. The first-order valence-electron chi connectivity index (χ1n) is 12.3. The number of carbonyl (C=O) groups excluding carboxylic acids is 3. The number of amides is 2. The molecule has 0 unspecified atom stereocenters. The summed E-state index contributed by atoms with van der Waals surface area (Å²) in [5.74, 6) is -1.29. The van der Waals surface area contributed by atoms with Gasteiger partial charge < -0.3 is 14.8 Å². The van der Waals surface area contributed by atoms with Crippen molar-refractivity contribution in [3.8, 4) is 5.75 Å². The second-order valence-corrected chi connectivity index (χ2v) is 11.0. The van der Waals surface area contributed by atoms with Gasteiger partial charge in [0.15, 0.2) is 5.78 Å². The number of carbonyl (C=O) groups is 3. The Hall–Kier alpha value is -4.73. The lowest BCUT2D eigenvalue weighted by Gasteiger charge is -2.12. The Kier molecular flexibility index (Phi) is 9.01. The number of ketones is 1. The lowest BCUT2D eigenvalue weighted by Crippen LogP contribution is -2.31. The maximum atomic E-state index is 13.2. The molecule has 0 saturated carbocycles. The minimum absolute atomic E-state index is 0.0182. The van der Waals surface area contributed by atoms with Crippen LogP contribution in [0.15, 0.2) is 108 Å². The highest BCUT2D eigenvalue weighted by molar-refractivity contribution is 7.87. The van der Waals surface area contributed by atoms with Crippen molar-refractivity contribution in [1.29, 1.82) is 0 Å². The number of anilines is 1. The first kappa shape index (κ1) is 29.3. The summed E-state index contributed by atoms with van der Waals surface area (Å²) in [4.78, 5) is 37.8. The Balaban J connectivity index is 1.59. The van der Waals surface area contributed by atoms with Crippen LogP contribution < -0.4 is 14.8 Å². The number of rotatable bonds is 9. The third-order valence-corrected chi connectivity index (χ3v) is 7.46. The fourth-order valence-electron chi connectivity index (χ4n) is 3.65. The van der Waals surface area contributed by atoms with Crippen molar-refractivity contribution >= 4 is 51.1 Å². The van der Waals surface area contributed by atoms with Crippen LogP contribution in [0.2, 0.25) is 5.02 Å². The average Bonchev–Trinajstić information content (AvgIpc) is 2.94. The highest BCUT2D eigenvalue weighted by Crippen LogP contribution is 2.21. The van der Waals surface area contributed by atoms with E-state index in [9.17, 15) is 22.8 Å². The van der Waals surface area contributed by atoms with E-state index in [1.54, 1.807) is 54.6 Å². The van der Waals surface area contributed by atoms with Crippen LogP contribution in [-0.2, 0) is 14.9 Å². The van der Waals surface area contributed by atoms with Crippen molar-refractivity contribution in [1.82, 2.24) is 5.32 Å². The molecular formula is C31H25ClN2O6S. The third kappa shape index (κ3) is 7.69. The second kappa shape index (κ2) is 12.6. The number of Topliss-reactive ketones (excluding diaryl/α,β-unsaturated/α-hetero) is 1. The van der Waals surface area contributed by atoms with Crippen LogP contribution in [0.5, 0.6) is 5.75 Å². The summed E-state index contributed by atoms with van der Waals surface area (Å²) in [5, 5.41) is 5.50. The second-order valence-electron chi connectivity index (χ2n) is 9.00. The molecule has 8 nitrogen and oxygen atoms in total. The molecule has 0 fully saturated rings. The third-order valence-electron chi connectivity index (χ3n) is 5.87. The molecule has 208 valence electrons. The van der Waals surface area contributed by atoms with E-state index >= 15 is 0 Å². The molecule has 0 heterocycles. The maximum absolute atomic E-state index is 13.2. The van der Waals surface area contributed by atoms with E-state index in [1.165, 1.54) is 55.5 Å². The molecule has 0 bridgehead atoms. The molecule has 0 saturated heterocycles. The summed E-state index contributed by atoms with van der Waals surface area (Å²) >= 11 is 6.16. The number of hydrogen-bond acceptors (Lipinski definition) is 6. The first-order valence-corrected chi connectivity index (χ1v) is 14.1. The summed E-state index contributed by atoms with van der Waals surface area (Å²) in [6.45, 7) is 3.28. The summed E-state index contributed by atoms with van der Waals surface area (Å²) in [6.07, 6.45) is 1.42. The molecule has 0 aromatic heterocycles. The van der Waals surface area contributed by atoms with Crippen LogP contribution in [-0.4, -0.2) is 26.0 Å². The van der Waals surface area contributed by atoms with Gasteiger partial charge in [0.25, 0.3) is 11.8 Å². The normalized spacial score (nSPS) is 11.4. The van der Waals surface area contributed by atoms with Gasteiger partial charge in [-0.1, -0.05) is 53.6 Å². The van der Waals surface area contributed by atoms with E-state index in [4.69, 9.17) is 15.8 Å². The van der Waals surface area contributed by atoms with Gasteiger partial charge in [0.05, 0.1) is 10.6 Å². The van der Waals surface area contributed by atoms with Gasteiger partial charge in [-0.2, -0.15) is 8.42 Å². The Bertz CT molecular complexity index is 1730. The van der Waals surface area contributed by atoms with Crippen molar-refractivity contribution in [3.05, 3.63) is 130 Å². The summed E-state index contributed by atoms with van der Waals surface area (Å²) in [5.41, 5.74) is 2.34. The molecule has 0 aliphatic heterocycles. The minimum Gasteiger partial charge on any atom is -0.379 e. The number of halogens is 1. The Labute approximate surface area is 242 Å². The predicted octanol–water partition coefficient (Wildman–Crippen LogP) is 6.03. The lowest BCUT2D eigenvalue weighted by atomic mass is 10.1. The molecule has 0 atom stereocenters. The fourth-order valence-corrected chi connectivity index (χ4v) is 4.80. The molecule has 2 N–H and O–H groups in total. The van der Waals surface area contributed by atoms with Gasteiger partial charge in [-0.3, -0.25) is 14.4 Å². The van der Waals surface area contributed by atoms with E-state index in [0.29, 0.717) is 16.8 Å². The van der Waals surface area contributed by atoms with Crippen molar-refractivity contribution in [2.45, 2.75) is 18.7 Å². The van der Waals surface area contributed by atoms with Gasteiger partial charge in [0.2, 0.25) is 0 Å². The van der Waals surface area contributed by atoms with Gasteiger partial charge in [-0.05, 0) is 86.2 Å². The topological polar surface area (TPSA) is 119 Å². The molecule has 0 radical (unpaired) electrons. The van der Waals surface area contributed by atoms with E-state index in [2.05, 4.69) is 10.6 Å². The summed E-state index contributed by atoms with van der Waals surface area (Å²) in [6, 6.07) is 24.9. The van der Waals surface area contributed by atoms with Crippen LogP contribution >= 0.6 is 11.6 Å². The minimum atomic E-state index is -4.04. The predicted molar refractivity (Wildman–Crippen MR) is 157 cm³/mol. The monoisotopic (exact) mass is 588 g/mol. The van der Waals surface area contributed by atoms with Gasteiger partial charge in [0.1, 0.15) is 16.3 Å². The van der Waals surface area contributed by atoms with Crippen molar-refractivity contribution in [2.75, 3.05) is 5.32 Å². The molecule has 4 rings (SSSR count). The largest absolute Gasteiger partial charge is 0.379 e. The molecule has 41 heavy (non-hydrogen) atoms. The molecular weight excluding hydrogens is 564 g/mol. The Morgan fingerprint density at radius 1 is 0.829 bits per heavy atom. The Morgan fingerprint density at radius 3 is 2.07 bits per heavy atom. The smallest absolute Gasteiger partial charge is 0.339 e. The summed E-state index contributed by atoms with van der Waals surface area (Å²) in [7, 11) is -4.04. The van der Waals surface area contributed by atoms with Crippen LogP contribution in [0.1, 0.15) is 38.8 Å². The lowest BCUT2D eigenvalue weighted by molar-refractivity contribution is -0.113. The van der Waals surface area contributed by atoms with E-state index in [1.807, 2.05) is 6.92 Å². The standard InChI is InChI=1S/C31H25ClN2O6S/c1-20-7-17-26(18-8-20)41(38,39)40-25-15-9-22(10-16-25)19-29(34-30(36)27-5-3-4-6-28(27)32)31(37)33-24-13-11-23(12-14-24)21(2)35/h3-19H,1-2H3,(H,33,37)(H,34,36)/b29-19-. The van der Waals surface area contributed by atoms with E-state index in [0.717, 1.165) is 5.56 Å². The number of benzene rings is 4. The highest BCUT2D eigenvalue weighted by Gasteiger charge is 2.18. The molecule has 10 heteroatoms. The van der Waals surface area contributed by atoms with Crippen LogP contribution in [0.3, 0.4) is 0 Å². The van der Waals surface area contributed by atoms with E-state index < -0.39 is 21.9 Å². The molecule has 4 aromatic rings. The van der Waals surface area contributed by atoms with Crippen molar-refractivity contribution in [2.24, 2.45) is 0 Å².